The van der Waals surface area contributed by atoms with Gasteiger partial charge in [0, 0.05) is 13.1 Å². The number of hydrogen-bond donors (Lipinski definition) is 0. The van der Waals surface area contributed by atoms with Crippen LogP contribution in [-0.4, -0.2) is 23.5 Å². The summed E-state index contributed by atoms with van der Waals surface area (Å²) in [5.41, 5.74) is 2.51. The van der Waals surface area contributed by atoms with Crippen molar-refractivity contribution in [3.63, 3.8) is 0 Å². The van der Waals surface area contributed by atoms with E-state index in [9.17, 15) is 0 Å². The Hall–Kier alpha value is -1.86. The lowest BCUT2D eigenvalue weighted by Crippen LogP contribution is -2.29. The van der Waals surface area contributed by atoms with Crippen LogP contribution in [0, 0.1) is 16.7 Å². The lowest BCUT2D eigenvalue weighted by molar-refractivity contribution is 0.249. The number of oxazole rings is 1. The molecule has 0 fully saturated rings. The highest BCUT2D eigenvalue weighted by Gasteiger charge is 2.19. The van der Waals surface area contributed by atoms with Crippen molar-refractivity contribution in [2.75, 3.05) is 13.6 Å². The topological polar surface area (TPSA) is 53.1 Å². The van der Waals surface area contributed by atoms with Crippen LogP contribution in [-0.2, 0) is 6.54 Å². The van der Waals surface area contributed by atoms with Gasteiger partial charge in [-0.05, 0) is 38.6 Å². The van der Waals surface area contributed by atoms with Crippen LogP contribution in [0.2, 0.25) is 0 Å². The maximum atomic E-state index is 9.02. The minimum absolute atomic E-state index is 0.328. The summed E-state index contributed by atoms with van der Waals surface area (Å²) in [6.45, 7) is 5.42. The van der Waals surface area contributed by atoms with Gasteiger partial charge in [-0.1, -0.05) is 6.07 Å². The van der Waals surface area contributed by atoms with E-state index in [1.54, 1.807) is 0 Å². The third-order valence-corrected chi connectivity index (χ3v) is 2.82. The number of benzene rings is 1. The smallest absolute Gasteiger partial charge is 0.181 e. The molecule has 1 aromatic heterocycles. The predicted molar refractivity (Wildman–Crippen MR) is 69.7 cm³/mol. The van der Waals surface area contributed by atoms with Crippen molar-refractivity contribution in [3.8, 4) is 6.07 Å². The zero-order valence-electron chi connectivity index (χ0n) is 11.0. The van der Waals surface area contributed by atoms with Gasteiger partial charge in [0.25, 0.3) is 0 Å². The molecule has 2 rings (SSSR count). The van der Waals surface area contributed by atoms with Crippen LogP contribution in [0.4, 0.5) is 0 Å². The van der Waals surface area contributed by atoms with Crippen molar-refractivity contribution >= 4 is 11.1 Å². The quantitative estimate of drug-likeness (QED) is 0.828. The first kappa shape index (κ1) is 12.6. The Labute approximate surface area is 107 Å². The van der Waals surface area contributed by atoms with Crippen LogP contribution in [0.1, 0.15) is 19.4 Å². The lowest BCUT2D eigenvalue weighted by atomic mass is 9.95. The van der Waals surface area contributed by atoms with Crippen molar-refractivity contribution in [1.82, 2.24) is 9.88 Å². The Morgan fingerprint density at radius 1 is 1.44 bits per heavy atom. The van der Waals surface area contributed by atoms with Crippen LogP contribution in [0.5, 0.6) is 0 Å². The molecule has 1 heterocycles. The zero-order chi connectivity index (χ0) is 13.2. The van der Waals surface area contributed by atoms with Gasteiger partial charge in [0.15, 0.2) is 12.0 Å². The standard InChI is InChI=1S/C14H17N3O/c1-14(2,8-15)9-17(3)7-11-4-5-12-13(6-11)18-10-16-12/h4-6,10H,7,9H2,1-3H3. The molecule has 0 spiro atoms. The first-order valence-electron chi connectivity index (χ1n) is 5.92. The molecule has 0 aliphatic heterocycles. The molecule has 0 radical (unpaired) electrons. The molecule has 94 valence electrons. The Bertz CT molecular complexity index is 580. The zero-order valence-corrected chi connectivity index (χ0v) is 11.0. The molecule has 0 bridgehead atoms. The molecule has 0 aliphatic carbocycles. The third-order valence-electron chi connectivity index (χ3n) is 2.82. The van der Waals surface area contributed by atoms with E-state index >= 15 is 0 Å². The average molecular weight is 243 g/mol. The van der Waals surface area contributed by atoms with E-state index in [4.69, 9.17) is 9.68 Å². The second-order valence-electron chi connectivity index (χ2n) is 5.32. The van der Waals surface area contributed by atoms with Crippen LogP contribution < -0.4 is 0 Å². The maximum Gasteiger partial charge on any atom is 0.181 e. The van der Waals surface area contributed by atoms with Crippen molar-refractivity contribution < 1.29 is 4.42 Å². The molecule has 18 heavy (non-hydrogen) atoms. The summed E-state index contributed by atoms with van der Waals surface area (Å²) in [7, 11) is 2.02. The molecule has 2 aromatic rings. The van der Waals surface area contributed by atoms with E-state index in [1.165, 1.54) is 6.39 Å². The second kappa shape index (κ2) is 4.79. The van der Waals surface area contributed by atoms with Gasteiger partial charge in [0.05, 0.1) is 11.5 Å². The number of rotatable bonds is 4. The van der Waals surface area contributed by atoms with Gasteiger partial charge in [-0.2, -0.15) is 5.26 Å². The molecule has 4 heteroatoms. The monoisotopic (exact) mass is 243 g/mol. The number of aromatic nitrogens is 1. The average Bonchev–Trinajstić information content (AvgIpc) is 2.75. The van der Waals surface area contributed by atoms with E-state index in [-0.39, 0.29) is 5.41 Å². The molecule has 0 unspecified atom stereocenters. The molecule has 0 saturated heterocycles. The Morgan fingerprint density at radius 3 is 2.94 bits per heavy atom. The van der Waals surface area contributed by atoms with Crippen molar-refractivity contribution in [2.45, 2.75) is 20.4 Å². The molecular formula is C14H17N3O. The summed E-state index contributed by atoms with van der Waals surface area (Å²) >= 11 is 0. The van der Waals surface area contributed by atoms with E-state index in [1.807, 2.05) is 39.1 Å². The second-order valence-corrected chi connectivity index (χ2v) is 5.32. The summed E-state index contributed by atoms with van der Waals surface area (Å²) in [5, 5.41) is 9.02. The van der Waals surface area contributed by atoms with Crippen LogP contribution in [0.15, 0.2) is 29.0 Å². The van der Waals surface area contributed by atoms with E-state index in [2.05, 4.69) is 16.0 Å². The Morgan fingerprint density at radius 2 is 2.22 bits per heavy atom. The van der Waals surface area contributed by atoms with Gasteiger partial charge in [-0.15, -0.1) is 0 Å². The summed E-state index contributed by atoms with van der Waals surface area (Å²) in [4.78, 5) is 6.23. The predicted octanol–water partition coefficient (Wildman–Crippen LogP) is 2.81. The maximum absolute atomic E-state index is 9.02. The number of hydrogen-bond acceptors (Lipinski definition) is 4. The van der Waals surface area contributed by atoms with E-state index < -0.39 is 0 Å². The highest BCUT2D eigenvalue weighted by atomic mass is 16.3. The molecular weight excluding hydrogens is 226 g/mol. The summed E-state index contributed by atoms with van der Waals surface area (Å²) in [6.07, 6.45) is 1.46. The van der Waals surface area contributed by atoms with Gasteiger partial charge in [-0.3, -0.25) is 0 Å². The fourth-order valence-electron chi connectivity index (χ4n) is 2.08. The fourth-order valence-corrected chi connectivity index (χ4v) is 2.08. The van der Waals surface area contributed by atoms with E-state index in [0.717, 1.165) is 29.8 Å². The molecule has 0 N–H and O–H groups in total. The summed E-state index contributed by atoms with van der Waals surface area (Å²) in [5.74, 6) is 0. The summed E-state index contributed by atoms with van der Waals surface area (Å²) in [6, 6.07) is 8.31. The molecule has 0 amide bonds. The van der Waals surface area contributed by atoms with Crippen molar-refractivity contribution in [2.24, 2.45) is 5.41 Å². The Kier molecular flexibility index (Phi) is 3.35. The molecule has 4 nitrogen and oxygen atoms in total. The van der Waals surface area contributed by atoms with Crippen LogP contribution in [0.25, 0.3) is 11.1 Å². The molecule has 1 aromatic carbocycles. The van der Waals surface area contributed by atoms with Crippen molar-refractivity contribution in [1.29, 1.82) is 5.26 Å². The summed E-state index contributed by atoms with van der Waals surface area (Å²) < 4.78 is 5.28. The van der Waals surface area contributed by atoms with E-state index in [0.29, 0.717) is 0 Å². The minimum Gasteiger partial charge on any atom is -0.443 e. The minimum atomic E-state index is -0.328. The van der Waals surface area contributed by atoms with Crippen LogP contribution in [0.3, 0.4) is 0 Å². The Balaban J connectivity index is 2.07. The number of fused-ring (bicyclic) bond motifs is 1. The molecule has 0 atom stereocenters. The first-order chi connectivity index (χ1) is 8.50. The van der Waals surface area contributed by atoms with Crippen LogP contribution >= 0.6 is 0 Å². The lowest BCUT2D eigenvalue weighted by Gasteiger charge is -2.24. The third kappa shape index (κ3) is 2.88. The first-order valence-corrected chi connectivity index (χ1v) is 5.92. The van der Waals surface area contributed by atoms with Gasteiger partial charge in [-0.25, -0.2) is 4.98 Å². The fraction of sp³-hybridized carbons (Fsp3) is 0.429. The van der Waals surface area contributed by atoms with Gasteiger partial charge < -0.3 is 9.32 Å². The highest BCUT2D eigenvalue weighted by molar-refractivity contribution is 5.72. The largest absolute Gasteiger partial charge is 0.443 e. The molecule has 0 saturated carbocycles. The van der Waals surface area contributed by atoms with Gasteiger partial charge in [0.2, 0.25) is 0 Å². The highest BCUT2D eigenvalue weighted by Crippen LogP contribution is 2.18. The SMILES string of the molecule is CN(Cc1ccc2ncoc2c1)CC(C)(C)C#N. The van der Waals surface area contributed by atoms with Crippen molar-refractivity contribution in [3.05, 3.63) is 30.2 Å². The number of nitrogens with zero attached hydrogens (tertiary/aromatic N) is 3. The molecule has 0 aliphatic rings. The number of nitriles is 1. The van der Waals surface area contributed by atoms with Gasteiger partial charge in [0.1, 0.15) is 5.52 Å². The van der Waals surface area contributed by atoms with Gasteiger partial charge >= 0.3 is 0 Å². The normalized spacial score (nSPS) is 11.9.